The van der Waals surface area contributed by atoms with E-state index in [9.17, 15) is 4.39 Å². The fraction of sp³-hybridized carbons (Fsp3) is 0.700. The molecular formula is C20H31FN2. The molecule has 3 heteroatoms. The van der Waals surface area contributed by atoms with E-state index >= 15 is 0 Å². The zero-order valence-electron chi connectivity index (χ0n) is 14.3. The monoisotopic (exact) mass is 318 g/mol. The third kappa shape index (κ3) is 5.58. The van der Waals surface area contributed by atoms with Crippen molar-refractivity contribution in [1.29, 1.82) is 0 Å². The fourth-order valence-corrected chi connectivity index (χ4v) is 4.32. The lowest BCUT2D eigenvalue weighted by atomic mass is 9.83. The Morgan fingerprint density at radius 3 is 2.39 bits per heavy atom. The molecule has 1 aromatic rings. The summed E-state index contributed by atoms with van der Waals surface area (Å²) < 4.78 is 13.1. The Bertz CT molecular complexity index is 441. The Labute approximate surface area is 140 Å². The van der Waals surface area contributed by atoms with E-state index in [0.29, 0.717) is 0 Å². The number of hydrogen-bond acceptors (Lipinski definition) is 2. The van der Waals surface area contributed by atoms with Gasteiger partial charge >= 0.3 is 0 Å². The number of piperidine rings is 1. The molecule has 0 spiro atoms. The first-order valence-electron chi connectivity index (χ1n) is 9.47. The zero-order valence-corrected chi connectivity index (χ0v) is 14.3. The first-order chi connectivity index (χ1) is 11.3. The Hall–Kier alpha value is -0.930. The molecule has 0 radical (unpaired) electrons. The molecule has 2 nitrogen and oxygen atoms in total. The van der Waals surface area contributed by atoms with Crippen LogP contribution in [0.25, 0.3) is 0 Å². The van der Waals surface area contributed by atoms with Crippen LogP contribution in [0.3, 0.4) is 0 Å². The minimum Gasteiger partial charge on any atom is -0.317 e. The van der Waals surface area contributed by atoms with E-state index in [0.717, 1.165) is 18.4 Å². The summed E-state index contributed by atoms with van der Waals surface area (Å²) in [6, 6.07) is 7.06. The third-order valence-corrected chi connectivity index (χ3v) is 5.45. The minimum atomic E-state index is -0.134. The molecule has 128 valence electrons. The van der Waals surface area contributed by atoms with Gasteiger partial charge in [-0.3, -0.25) is 4.90 Å². The van der Waals surface area contributed by atoms with E-state index < -0.39 is 0 Å². The van der Waals surface area contributed by atoms with Crippen molar-refractivity contribution in [2.24, 2.45) is 11.8 Å². The van der Waals surface area contributed by atoms with Crippen LogP contribution in [0, 0.1) is 17.7 Å². The van der Waals surface area contributed by atoms with Crippen LogP contribution in [0.1, 0.15) is 50.5 Å². The summed E-state index contributed by atoms with van der Waals surface area (Å²) in [6.07, 6.45) is 9.53. The quantitative estimate of drug-likeness (QED) is 0.879. The summed E-state index contributed by atoms with van der Waals surface area (Å²) in [5.74, 6) is 1.57. The maximum absolute atomic E-state index is 13.1. The topological polar surface area (TPSA) is 15.3 Å². The van der Waals surface area contributed by atoms with E-state index in [-0.39, 0.29) is 5.82 Å². The Balaban J connectivity index is 1.59. The largest absolute Gasteiger partial charge is 0.317 e. The minimum absolute atomic E-state index is 0.134. The number of halogens is 1. The Kier molecular flexibility index (Phi) is 6.46. The van der Waals surface area contributed by atoms with Gasteiger partial charge in [0.05, 0.1) is 0 Å². The molecule has 2 saturated heterocycles. The van der Waals surface area contributed by atoms with Crippen molar-refractivity contribution in [1.82, 2.24) is 10.2 Å². The van der Waals surface area contributed by atoms with Gasteiger partial charge in [0.1, 0.15) is 5.82 Å². The molecule has 2 unspecified atom stereocenters. The van der Waals surface area contributed by atoms with Crippen LogP contribution in [-0.2, 0) is 6.54 Å². The molecule has 1 N–H and O–H groups in total. The number of hydrogen-bond donors (Lipinski definition) is 1. The van der Waals surface area contributed by atoms with Gasteiger partial charge in [-0.15, -0.1) is 0 Å². The molecule has 0 aromatic heterocycles. The summed E-state index contributed by atoms with van der Waals surface area (Å²) in [7, 11) is 0. The first-order valence-corrected chi connectivity index (χ1v) is 9.47. The number of nitrogens with zero attached hydrogens (tertiary/aromatic N) is 1. The van der Waals surface area contributed by atoms with Crippen molar-refractivity contribution >= 4 is 0 Å². The lowest BCUT2D eigenvalue weighted by Crippen LogP contribution is -2.40. The molecule has 0 aliphatic carbocycles. The lowest BCUT2D eigenvalue weighted by Gasteiger charge is -2.38. The van der Waals surface area contributed by atoms with Crippen molar-refractivity contribution < 1.29 is 4.39 Å². The molecular weight excluding hydrogens is 287 g/mol. The maximum atomic E-state index is 13.1. The van der Waals surface area contributed by atoms with Gasteiger partial charge in [0, 0.05) is 19.6 Å². The normalized spacial score (nSPS) is 27.9. The van der Waals surface area contributed by atoms with Crippen LogP contribution >= 0.6 is 0 Å². The van der Waals surface area contributed by atoms with Crippen molar-refractivity contribution in [2.75, 3.05) is 26.2 Å². The summed E-state index contributed by atoms with van der Waals surface area (Å²) in [5, 5.41) is 3.58. The molecule has 2 aliphatic heterocycles. The molecule has 2 atom stereocenters. The predicted molar refractivity (Wildman–Crippen MR) is 93.8 cm³/mol. The van der Waals surface area contributed by atoms with Gasteiger partial charge in [-0.25, -0.2) is 4.39 Å². The van der Waals surface area contributed by atoms with Gasteiger partial charge < -0.3 is 5.32 Å². The molecule has 0 saturated carbocycles. The number of fused-ring (bicyclic) bond motifs is 2. The summed E-state index contributed by atoms with van der Waals surface area (Å²) in [6.45, 7) is 5.80. The van der Waals surface area contributed by atoms with Crippen LogP contribution in [0.15, 0.2) is 24.3 Å². The van der Waals surface area contributed by atoms with Crippen LogP contribution < -0.4 is 5.32 Å². The van der Waals surface area contributed by atoms with Crippen molar-refractivity contribution in [3.05, 3.63) is 35.6 Å². The van der Waals surface area contributed by atoms with Gasteiger partial charge in [-0.05, 0) is 74.7 Å². The highest BCUT2D eigenvalue weighted by Crippen LogP contribution is 2.30. The summed E-state index contributed by atoms with van der Waals surface area (Å²) >= 11 is 0. The Morgan fingerprint density at radius 2 is 1.61 bits per heavy atom. The lowest BCUT2D eigenvalue weighted by molar-refractivity contribution is 0.105. The van der Waals surface area contributed by atoms with Gasteiger partial charge in [-0.1, -0.05) is 25.0 Å². The van der Waals surface area contributed by atoms with E-state index in [2.05, 4.69) is 10.2 Å². The van der Waals surface area contributed by atoms with Crippen LogP contribution in [0.2, 0.25) is 0 Å². The van der Waals surface area contributed by atoms with Crippen molar-refractivity contribution in [2.45, 2.75) is 51.5 Å². The Morgan fingerprint density at radius 1 is 0.913 bits per heavy atom. The SMILES string of the molecule is Fc1ccc(CN2CC3CCCCCNCCCC(C3)C2)cc1. The second-order valence-electron chi connectivity index (χ2n) is 7.53. The first kappa shape index (κ1) is 16.9. The molecule has 23 heavy (non-hydrogen) atoms. The summed E-state index contributed by atoms with van der Waals surface area (Å²) in [4.78, 5) is 2.62. The van der Waals surface area contributed by atoms with Gasteiger partial charge in [0.15, 0.2) is 0 Å². The van der Waals surface area contributed by atoms with Gasteiger partial charge in [-0.2, -0.15) is 0 Å². The fourth-order valence-electron chi connectivity index (χ4n) is 4.32. The average Bonchev–Trinajstić information content (AvgIpc) is 2.54. The molecule has 2 aliphatic rings. The summed E-state index contributed by atoms with van der Waals surface area (Å²) in [5.41, 5.74) is 1.24. The molecule has 2 heterocycles. The predicted octanol–water partition coefficient (Wildman–Crippen LogP) is 4.21. The van der Waals surface area contributed by atoms with Gasteiger partial charge in [0.2, 0.25) is 0 Å². The molecule has 2 fully saturated rings. The van der Waals surface area contributed by atoms with Crippen LogP contribution in [0.4, 0.5) is 4.39 Å². The highest BCUT2D eigenvalue weighted by Gasteiger charge is 2.26. The van der Waals surface area contributed by atoms with E-state index in [1.165, 1.54) is 76.7 Å². The van der Waals surface area contributed by atoms with Crippen LogP contribution in [-0.4, -0.2) is 31.1 Å². The number of benzene rings is 1. The highest BCUT2D eigenvalue weighted by molar-refractivity contribution is 5.16. The standard InChI is InChI=1S/C20H31FN2/c21-20-9-7-17(8-10-20)14-23-15-18-5-2-1-3-11-22-12-4-6-19(13-18)16-23/h7-10,18-19,22H,1-6,11-16H2. The number of likely N-dealkylation sites (tertiary alicyclic amines) is 1. The highest BCUT2D eigenvalue weighted by atomic mass is 19.1. The molecule has 1 aromatic carbocycles. The van der Waals surface area contributed by atoms with Crippen molar-refractivity contribution in [3.8, 4) is 0 Å². The van der Waals surface area contributed by atoms with Crippen LogP contribution in [0.5, 0.6) is 0 Å². The van der Waals surface area contributed by atoms with E-state index in [1.807, 2.05) is 12.1 Å². The molecule has 2 bridgehead atoms. The second-order valence-corrected chi connectivity index (χ2v) is 7.53. The van der Waals surface area contributed by atoms with Crippen molar-refractivity contribution in [3.63, 3.8) is 0 Å². The molecule has 3 rings (SSSR count). The van der Waals surface area contributed by atoms with E-state index in [4.69, 9.17) is 0 Å². The maximum Gasteiger partial charge on any atom is 0.123 e. The number of rotatable bonds is 2. The zero-order chi connectivity index (χ0) is 15.9. The van der Waals surface area contributed by atoms with Gasteiger partial charge in [0.25, 0.3) is 0 Å². The average molecular weight is 318 g/mol. The van der Waals surface area contributed by atoms with E-state index in [1.54, 1.807) is 12.1 Å². The third-order valence-electron chi connectivity index (χ3n) is 5.45. The smallest absolute Gasteiger partial charge is 0.123 e. The second kappa shape index (κ2) is 8.79. The molecule has 0 amide bonds. The number of nitrogens with one attached hydrogen (secondary N) is 1.